The third kappa shape index (κ3) is 2.66. The van der Waals surface area contributed by atoms with E-state index in [0.717, 1.165) is 34.0 Å². The number of carbonyl (C=O) groups is 1. The molecule has 3 atom stereocenters. The molecule has 0 radical (unpaired) electrons. The third-order valence-electron chi connectivity index (χ3n) is 4.92. The number of hydrogen-bond donors (Lipinski definition) is 1. The lowest BCUT2D eigenvalue weighted by molar-refractivity contribution is -0.118. The molecule has 0 saturated carbocycles. The smallest absolute Gasteiger partial charge is 0.247 e. The lowest BCUT2D eigenvalue weighted by Gasteiger charge is -2.32. The van der Waals surface area contributed by atoms with E-state index in [4.69, 9.17) is 0 Å². The second kappa shape index (κ2) is 5.56. The van der Waals surface area contributed by atoms with Crippen LogP contribution in [0.3, 0.4) is 0 Å². The Bertz CT molecular complexity index is 625. The Labute approximate surface area is 132 Å². The molecule has 1 heterocycles. The second-order valence-electron chi connectivity index (χ2n) is 6.24. The van der Waals surface area contributed by atoms with E-state index in [9.17, 15) is 9.18 Å². The molecule has 1 N–H and O–H groups in total. The number of halogens is 2. The van der Waals surface area contributed by atoms with E-state index < -0.39 is 0 Å². The van der Waals surface area contributed by atoms with Crippen LogP contribution < -0.4 is 5.32 Å². The van der Waals surface area contributed by atoms with Crippen LogP contribution in [-0.4, -0.2) is 12.5 Å². The largest absolute Gasteiger partial charge is 0.352 e. The minimum absolute atomic E-state index is 0.00710. The lowest BCUT2D eigenvalue weighted by Crippen LogP contribution is -2.33. The summed E-state index contributed by atoms with van der Waals surface area (Å²) in [4.78, 5) is 12.2. The molecule has 1 amide bonds. The molecule has 1 aromatic rings. The van der Waals surface area contributed by atoms with E-state index in [-0.39, 0.29) is 11.7 Å². The first-order chi connectivity index (χ1) is 9.97. The zero-order chi connectivity index (χ0) is 15.1. The van der Waals surface area contributed by atoms with Gasteiger partial charge < -0.3 is 5.32 Å². The van der Waals surface area contributed by atoms with E-state index in [2.05, 4.69) is 35.1 Å². The average molecular weight is 352 g/mol. The standard InChI is InChI=1S/C17H19BrFNO/c1-9-3-4-20-17(21)12-5-11-6-13(19)8-15(18)16(11)10(2)14(9)7-12/h5-6,8-10,14H,3-4,7H2,1-2H3,(H,20,21). The molecular weight excluding hydrogens is 333 g/mol. The van der Waals surface area contributed by atoms with Gasteiger partial charge in [0.1, 0.15) is 5.82 Å². The van der Waals surface area contributed by atoms with Gasteiger partial charge in [-0.05, 0) is 59.9 Å². The summed E-state index contributed by atoms with van der Waals surface area (Å²) in [5, 5.41) is 2.96. The number of nitrogens with one attached hydrogen (secondary N) is 1. The highest BCUT2D eigenvalue weighted by Crippen LogP contribution is 2.44. The minimum atomic E-state index is -0.273. The van der Waals surface area contributed by atoms with Crippen molar-refractivity contribution in [1.82, 2.24) is 5.32 Å². The number of carbonyl (C=O) groups excluding carboxylic acids is 1. The fourth-order valence-corrected chi connectivity index (χ4v) is 4.50. The Morgan fingerprint density at radius 3 is 2.86 bits per heavy atom. The average Bonchev–Trinajstić information content (AvgIpc) is 2.54. The van der Waals surface area contributed by atoms with E-state index in [0.29, 0.717) is 24.3 Å². The van der Waals surface area contributed by atoms with Gasteiger partial charge in [-0.1, -0.05) is 29.8 Å². The van der Waals surface area contributed by atoms with Crippen LogP contribution in [0.1, 0.15) is 43.7 Å². The highest BCUT2D eigenvalue weighted by molar-refractivity contribution is 9.10. The summed E-state index contributed by atoms with van der Waals surface area (Å²) in [7, 11) is 0. The summed E-state index contributed by atoms with van der Waals surface area (Å²) in [6, 6.07) is 3.06. The number of amides is 1. The molecule has 3 rings (SSSR count). The molecule has 1 aliphatic carbocycles. The maximum absolute atomic E-state index is 13.7. The molecule has 1 aromatic carbocycles. The fraction of sp³-hybridized carbons (Fsp3) is 0.471. The van der Waals surface area contributed by atoms with Crippen LogP contribution in [0.4, 0.5) is 4.39 Å². The zero-order valence-corrected chi connectivity index (χ0v) is 13.8. The molecule has 1 saturated heterocycles. The fourth-order valence-electron chi connectivity index (χ4n) is 3.69. The Morgan fingerprint density at radius 1 is 1.33 bits per heavy atom. The number of rotatable bonds is 0. The maximum Gasteiger partial charge on any atom is 0.247 e. The van der Waals surface area contributed by atoms with E-state index in [1.807, 2.05) is 6.08 Å². The Balaban J connectivity index is 2.20. The van der Waals surface area contributed by atoms with Crippen LogP contribution in [0.2, 0.25) is 0 Å². The SMILES string of the molecule is CC1CCNC(=O)C2=Cc3cc(F)cc(Br)c3C(C)C1C2. The van der Waals surface area contributed by atoms with Crippen molar-refractivity contribution in [3.63, 3.8) is 0 Å². The Kier molecular flexibility index (Phi) is 3.91. The van der Waals surface area contributed by atoms with Gasteiger partial charge in [-0.3, -0.25) is 4.79 Å². The van der Waals surface area contributed by atoms with Crippen molar-refractivity contribution in [1.29, 1.82) is 0 Å². The van der Waals surface area contributed by atoms with Crippen molar-refractivity contribution in [2.75, 3.05) is 6.54 Å². The highest BCUT2D eigenvalue weighted by Gasteiger charge is 2.33. The molecule has 2 nitrogen and oxygen atoms in total. The molecule has 2 bridgehead atoms. The molecule has 21 heavy (non-hydrogen) atoms. The quantitative estimate of drug-likeness (QED) is 0.743. The van der Waals surface area contributed by atoms with Gasteiger partial charge in [-0.15, -0.1) is 0 Å². The molecule has 1 aliphatic heterocycles. The second-order valence-corrected chi connectivity index (χ2v) is 7.09. The molecular formula is C17H19BrFNO. The first kappa shape index (κ1) is 14.8. The number of hydrogen-bond acceptors (Lipinski definition) is 1. The predicted octanol–water partition coefficient (Wildman–Crippen LogP) is 4.25. The van der Waals surface area contributed by atoms with Crippen molar-refractivity contribution in [3.05, 3.63) is 39.1 Å². The van der Waals surface area contributed by atoms with Gasteiger partial charge in [-0.25, -0.2) is 4.39 Å². The van der Waals surface area contributed by atoms with E-state index in [1.165, 1.54) is 12.1 Å². The predicted molar refractivity (Wildman–Crippen MR) is 85.4 cm³/mol. The summed E-state index contributed by atoms with van der Waals surface area (Å²) in [6.45, 7) is 5.16. The van der Waals surface area contributed by atoms with Gasteiger partial charge in [0.05, 0.1) is 0 Å². The summed E-state index contributed by atoms with van der Waals surface area (Å²) in [5.41, 5.74) is 2.73. The van der Waals surface area contributed by atoms with Crippen LogP contribution in [-0.2, 0) is 4.79 Å². The van der Waals surface area contributed by atoms with Crippen LogP contribution in [0.5, 0.6) is 0 Å². The molecule has 3 unspecified atom stereocenters. The van der Waals surface area contributed by atoms with Crippen LogP contribution >= 0.6 is 15.9 Å². The highest BCUT2D eigenvalue weighted by atomic mass is 79.9. The van der Waals surface area contributed by atoms with Crippen molar-refractivity contribution in [2.24, 2.45) is 11.8 Å². The lowest BCUT2D eigenvalue weighted by atomic mass is 9.75. The van der Waals surface area contributed by atoms with Crippen molar-refractivity contribution in [3.8, 4) is 0 Å². The van der Waals surface area contributed by atoms with Gasteiger partial charge in [0.2, 0.25) is 5.91 Å². The van der Waals surface area contributed by atoms with Gasteiger partial charge >= 0.3 is 0 Å². The summed E-state index contributed by atoms with van der Waals surface area (Å²) in [6.07, 6.45) is 3.62. The van der Waals surface area contributed by atoms with Gasteiger partial charge in [0, 0.05) is 16.6 Å². The molecule has 0 aromatic heterocycles. The summed E-state index contributed by atoms with van der Waals surface area (Å²) in [5.74, 6) is 0.944. The van der Waals surface area contributed by atoms with Gasteiger partial charge in [0.25, 0.3) is 0 Å². The van der Waals surface area contributed by atoms with Gasteiger partial charge in [-0.2, -0.15) is 0 Å². The van der Waals surface area contributed by atoms with Crippen molar-refractivity contribution >= 4 is 27.9 Å². The van der Waals surface area contributed by atoms with E-state index >= 15 is 0 Å². The molecule has 1 fully saturated rings. The minimum Gasteiger partial charge on any atom is -0.352 e. The normalized spacial score (nSPS) is 28.7. The molecule has 112 valence electrons. The number of benzene rings is 1. The Hall–Kier alpha value is -1.16. The first-order valence-corrected chi connectivity index (χ1v) is 8.24. The topological polar surface area (TPSA) is 29.1 Å². The monoisotopic (exact) mass is 351 g/mol. The van der Waals surface area contributed by atoms with Crippen LogP contribution in [0.25, 0.3) is 6.08 Å². The number of fused-ring (bicyclic) bond motifs is 3. The van der Waals surface area contributed by atoms with Crippen molar-refractivity contribution in [2.45, 2.75) is 32.6 Å². The molecule has 0 spiro atoms. The van der Waals surface area contributed by atoms with Crippen molar-refractivity contribution < 1.29 is 9.18 Å². The van der Waals surface area contributed by atoms with Gasteiger partial charge in [0.15, 0.2) is 0 Å². The van der Waals surface area contributed by atoms with E-state index in [1.54, 1.807) is 0 Å². The third-order valence-corrected chi connectivity index (χ3v) is 5.57. The summed E-state index contributed by atoms with van der Waals surface area (Å²) >= 11 is 3.51. The first-order valence-electron chi connectivity index (χ1n) is 7.45. The maximum atomic E-state index is 13.7. The molecule has 2 aliphatic rings. The zero-order valence-electron chi connectivity index (χ0n) is 12.2. The molecule has 4 heteroatoms. The van der Waals surface area contributed by atoms with Crippen LogP contribution in [0, 0.1) is 17.7 Å². The Morgan fingerprint density at radius 2 is 2.10 bits per heavy atom. The van der Waals surface area contributed by atoms with Crippen LogP contribution in [0.15, 0.2) is 22.2 Å². The summed E-state index contributed by atoms with van der Waals surface area (Å²) < 4.78 is 14.5.